The van der Waals surface area contributed by atoms with Gasteiger partial charge in [0.2, 0.25) is 0 Å². The fourth-order valence-corrected chi connectivity index (χ4v) is 3.36. The van der Waals surface area contributed by atoms with Gasteiger partial charge in [0.25, 0.3) is 0 Å². The van der Waals surface area contributed by atoms with Crippen LogP contribution in [0, 0.1) is 5.82 Å². The second-order valence-electron chi connectivity index (χ2n) is 7.08. The number of carbonyl (C=O) groups is 2. The first-order valence-corrected chi connectivity index (χ1v) is 11.2. The highest BCUT2D eigenvalue weighted by atomic mass is 35.5. The molecular formula is C24H19Cl3FN3O4. The number of hydrogen-bond acceptors (Lipinski definition) is 5. The van der Waals surface area contributed by atoms with E-state index in [1.807, 2.05) is 0 Å². The number of anilines is 1. The lowest BCUT2D eigenvalue weighted by Gasteiger charge is -2.13. The third kappa shape index (κ3) is 6.85. The summed E-state index contributed by atoms with van der Waals surface area (Å²) in [6, 6.07) is 13.7. The Morgan fingerprint density at radius 2 is 1.71 bits per heavy atom. The Bertz CT molecular complexity index is 1280. The van der Waals surface area contributed by atoms with Gasteiger partial charge in [0.1, 0.15) is 12.4 Å². The number of ether oxygens (including phenoxy) is 2. The standard InChI is InChI=1S/C24H19Cl3FN3O4/c1-13(30-31-24(33)23(32)29-15-7-8-18(26)19(27)11-15)14-6-9-21(22(10-14)34-2)35-12-16-17(25)4-3-5-20(16)28/h3-11H,12H2,1-2H3,(H,29,32)(H,31,33)/b30-13+. The summed E-state index contributed by atoms with van der Waals surface area (Å²) in [7, 11) is 1.45. The van der Waals surface area contributed by atoms with Crippen molar-refractivity contribution in [2.24, 2.45) is 5.10 Å². The van der Waals surface area contributed by atoms with Crippen LogP contribution in [-0.2, 0) is 16.2 Å². The molecule has 7 nitrogen and oxygen atoms in total. The summed E-state index contributed by atoms with van der Waals surface area (Å²) in [5.41, 5.74) is 3.69. The summed E-state index contributed by atoms with van der Waals surface area (Å²) >= 11 is 17.8. The Morgan fingerprint density at radius 1 is 0.943 bits per heavy atom. The van der Waals surface area contributed by atoms with Gasteiger partial charge in [0, 0.05) is 16.8 Å². The molecule has 11 heteroatoms. The maximum Gasteiger partial charge on any atom is 0.329 e. The van der Waals surface area contributed by atoms with Gasteiger partial charge in [0.05, 0.1) is 27.9 Å². The minimum absolute atomic E-state index is 0.0989. The Balaban J connectivity index is 1.65. The SMILES string of the molecule is COc1cc(/C(C)=N/NC(=O)C(=O)Nc2ccc(Cl)c(Cl)c2)ccc1OCc1c(F)cccc1Cl. The zero-order chi connectivity index (χ0) is 25.5. The largest absolute Gasteiger partial charge is 0.493 e. The molecule has 0 fully saturated rings. The summed E-state index contributed by atoms with van der Waals surface area (Å²) in [6.07, 6.45) is 0. The number of hydrogen-bond donors (Lipinski definition) is 2. The van der Waals surface area contributed by atoms with E-state index in [9.17, 15) is 14.0 Å². The highest BCUT2D eigenvalue weighted by Gasteiger charge is 2.15. The zero-order valence-corrected chi connectivity index (χ0v) is 20.8. The molecule has 0 atom stereocenters. The van der Waals surface area contributed by atoms with Crippen LogP contribution in [0.25, 0.3) is 0 Å². The van der Waals surface area contributed by atoms with Gasteiger partial charge in [-0.1, -0.05) is 40.9 Å². The molecule has 2 amide bonds. The van der Waals surface area contributed by atoms with Gasteiger partial charge >= 0.3 is 11.8 Å². The van der Waals surface area contributed by atoms with Gasteiger partial charge in [-0.3, -0.25) is 9.59 Å². The van der Waals surface area contributed by atoms with Crippen molar-refractivity contribution in [2.75, 3.05) is 12.4 Å². The highest BCUT2D eigenvalue weighted by molar-refractivity contribution is 6.43. The number of nitrogens with one attached hydrogen (secondary N) is 2. The Hall–Kier alpha value is -3.33. The second-order valence-corrected chi connectivity index (χ2v) is 8.30. The maximum absolute atomic E-state index is 14.0. The minimum Gasteiger partial charge on any atom is -0.493 e. The van der Waals surface area contributed by atoms with Crippen LogP contribution in [0.1, 0.15) is 18.1 Å². The number of amides is 2. The molecule has 0 heterocycles. The topological polar surface area (TPSA) is 89.0 Å². The van der Waals surface area contributed by atoms with Crippen molar-refractivity contribution in [3.05, 3.63) is 86.6 Å². The molecule has 3 aromatic rings. The number of halogens is 4. The molecular weight excluding hydrogens is 520 g/mol. The van der Waals surface area contributed by atoms with E-state index in [2.05, 4.69) is 15.8 Å². The van der Waals surface area contributed by atoms with Crippen molar-refractivity contribution >= 4 is 58.0 Å². The van der Waals surface area contributed by atoms with Crippen LogP contribution < -0.4 is 20.2 Å². The van der Waals surface area contributed by atoms with Crippen molar-refractivity contribution in [1.29, 1.82) is 0 Å². The van der Waals surface area contributed by atoms with Gasteiger partial charge < -0.3 is 14.8 Å². The normalized spacial score (nSPS) is 11.1. The lowest BCUT2D eigenvalue weighted by atomic mass is 10.1. The monoisotopic (exact) mass is 537 g/mol. The fraction of sp³-hybridized carbons (Fsp3) is 0.125. The number of nitrogens with zero attached hydrogens (tertiary/aromatic N) is 1. The van der Waals surface area contributed by atoms with Crippen LogP contribution in [0.2, 0.25) is 15.1 Å². The van der Waals surface area contributed by atoms with Crippen molar-refractivity contribution in [3.63, 3.8) is 0 Å². The fourth-order valence-electron chi connectivity index (χ4n) is 2.84. The maximum atomic E-state index is 14.0. The van der Waals surface area contributed by atoms with Crippen LogP contribution in [0.15, 0.2) is 59.7 Å². The molecule has 2 N–H and O–H groups in total. The van der Waals surface area contributed by atoms with Crippen LogP contribution in [0.3, 0.4) is 0 Å². The van der Waals surface area contributed by atoms with Crippen LogP contribution >= 0.6 is 34.8 Å². The van der Waals surface area contributed by atoms with Gasteiger partial charge in [-0.25, -0.2) is 9.82 Å². The molecule has 0 aliphatic heterocycles. The Labute approximate surface area is 215 Å². The predicted octanol–water partition coefficient (Wildman–Crippen LogP) is 5.85. The third-order valence-electron chi connectivity index (χ3n) is 4.72. The van der Waals surface area contributed by atoms with Gasteiger partial charge in [-0.15, -0.1) is 0 Å². The molecule has 3 rings (SSSR count). The Kier molecular flexibility index (Phi) is 8.92. The molecule has 35 heavy (non-hydrogen) atoms. The van der Waals surface area contributed by atoms with Crippen molar-refractivity contribution in [2.45, 2.75) is 13.5 Å². The molecule has 0 aliphatic rings. The quantitative estimate of drug-likeness (QED) is 0.224. The van der Waals surface area contributed by atoms with E-state index >= 15 is 0 Å². The first kappa shape index (κ1) is 26.3. The van der Waals surface area contributed by atoms with Gasteiger partial charge in [-0.2, -0.15) is 5.10 Å². The van der Waals surface area contributed by atoms with Crippen LogP contribution in [0.5, 0.6) is 11.5 Å². The molecule has 0 radical (unpaired) electrons. The van der Waals surface area contributed by atoms with Crippen molar-refractivity contribution in [3.8, 4) is 11.5 Å². The second kappa shape index (κ2) is 11.9. The molecule has 0 spiro atoms. The minimum atomic E-state index is -0.982. The number of rotatable bonds is 7. The number of hydrazone groups is 1. The Morgan fingerprint density at radius 3 is 2.40 bits per heavy atom. The van der Waals surface area contributed by atoms with E-state index in [-0.39, 0.29) is 22.2 Å². The summed E-state index contributed by atoms with van der Waals surface area (Å²) in [6.45, 7) is 1.53. The van der Waals surface area contributed by atoms with Crippen LogP contribution in [0.4, 0.5) is 10.1 Å². The first-order valence-electron chi connectivity index (χ1n) is 10.0. The molecule has 3 aromatic carbocycles. The molecule has 0 aromatic heterocycles. The van der Waals surface area contributed by atoms with E-state index in [0.717, 1.165) is 0 Å². The average Bonchev–Trinajstić information content (AvgIpc) is 2.84. The first-order chi connectivity index (χ1) is 16.7. The van der Waals surface area contributed by atoms with E-state index in [4.69, 9.17) is 44.3 Å². The molecule has 0 bridgehead atoms. The van der Waals surface area contributed by atoms with E-state index in [1.165, 1.54) is 37.4 Å². The lowest BCUT2D eigenvalue weighted by Crippen LogP contribution is -2.32. The van der Waals surface area contributed by atoms with Crippen molar-refractivity contribution < 1.29 is 23.5 Å². The molecule has 0 saturated carbocycles. The number of benzene rings is 3. The zero-order valence-electron chi connectivity index (χ0n) is 18.5. The predicted molar refractivity (Wildman–Crippen MR) is 134 cm³/mol. The summed E-state index contributed by atoms with van der Waals surface area (Å²) < 4.78 is 25.0. The van der Waals surface area contributed by atoms with Gasteiger partial charge in [-0.05, 0) is 55.5 Å². The highest BCUT2D eigenvalue weighted by Crippen LogP contribution is 2.30. The summed E-state index contributed by atoms with van der Waals surface area (Å²) in [4.78, 5) is 24.2. The van der Waals surface area contributed by atoms with E-state index in [1.54, 1.807) is 31.2 Å². The number of carbonyl (C=O) groups excluding carboxylic acids is 2. The van der Waals surface area contributed by atoms with E-state index in [0.29, 0.717) is 33.5 Å². The molecule has 0 aliphatic carbocycles. The van der Waals surface area contributed by atoms with Gasteiger partial charge in [0.15, 0.2) is 11.5 Å². The van der Waals surface area contributed by atoms with Crippen molar-refractivity contribution in [1.82, 2.24) is 5.43 Å². The molecule has 0 unspecified atom stereocenters. The number of methoxy groups -OCH3 is 1. The van der Waals surface area contributed by atoms with E-state index < -0.39 is 17.6 Å². The lowest BCUT2D eigenvalue weighted by molar-refractivity contribution is -0.136. The smallest absolute Gasteiger partial charge is 0.329 e. The third-order valence-corrected chi connectivity index (χ3v) is 5.82. The molecule has 182 valence electrons. The molecule has 0 saturated heterocycles. The average molecular weight is 539 g/mol. The van der Waals surface area contributed by atoms with Crippen LogP contribution in [-0.4, -0.2) is 24.6 Å². The summed E-state index contributed by atoms with van der Waals surface area (Å²) in [5, 5.41) is 7.16. The summed E-state index contributed by atoms with van der Waals surface area (Å²) in [5.74, 6) is -1.69.